The van der Waals surface area contributed by atoms with Gasteiger partial charge in [0.25, 0.3) is 0 Å². The number of aromatic nitrogens is 4. The molecule has 6 nitrogen and oxygen atoms in total. The highest BCUT2D eigenvalue weighted by atomic mass is 16.5. The van der Waals surface area contributed by atoms with Crippen LogP contribution in [0.25, 0.3) is 57.5 Å². The lowest BCUT2D eigenvalue weighted by atomic mass is 10.0. The third-order valence-electron chi connectivity index (χ3n) is 8.68. The van der Waals surface area contributed by atoms with Crippen molar-refractivity contribution in [3.8, 4) is 22.6 Å². The largest absolute Gasteiger partial charge is 0.497 e. The second-order valence-corrected chi connectivity index (χ2v) is 12.0. The van der Waals surface area contributed by atoms with Crippen molar-refractivity contribution in [2.75, 3.05) is 14.2 Å². The number of ether oxygens (including phenoxy) is 2. The lowest BCUT2D eigenvalue weighted by Crippen LogP contribution is -1.92. The summed E-state index contributed by atoms with van der Waals surface area (Å²) < 4.78 is 11.2. The van der Waals surface area contributed by atoms with Crippen LogP contribution in [0.2, 0.25) is 0 Å². The van der Waals surface area contributed by atoms with Gasteiger partial charge < -0.3 is 19.4 Å². The molecule has 0 amide bonds. The predicted octanol–water partition coefficient (Wildman–Crippen LogP) is 10.4. The van der Waals surface area contributed by atoms with E-state index in [9.17, 15) is 0 Å². The minimum Gasteiger partial charge on any atom is -0.497 e. The Bertz CT molecular complexity index is 1840. The second-order valence-electron chi connectivity index (χ2n) is 12.0. The van der Waals surface area contributed by atoms with E-state index in [2.05, 4.69) is 77.6 Å². The normalized spacial score (nSPS) is 12.2. The van der Waals surface area contributed by atoms with Crippen molar-refractivity contribution in [3.63, 3.8) is 0 Å². The minimum atomic E-state index is 0.725. The first-order valence-electron chi connectivity index (χ1n) is 16.5. The Morgan fingerprint density at radius 2 is 1.16 bits per heavy atom. The number of benzene rings is 1. The number of fused-ring (bicyclic) bond motifs is 8. The number of nitrogens with zero attached hydrogens (tertiary/aromatic N) is 2. The van der Waals surface area contributed by atoms with Gasteiger partial charge in [0, 0.05) is 39.3 Å². The molecule has 0 saturated heterocycles. The summed E-state index contributed by atoms with van der Waals surface area (Å²) >= 11 is 0. The average Bonchev–Trinajstić information content (AvgIpc) is 3.88. The van der Waals surface area contributed by atoms with Crippen molar-refractivity contribution in [1.82, 2.24) is 19.9 Å². The molecule has 6 rings (SSSR count). The van der Waals surface area contributed by atoms with E-state index in [1.54, 1.807) is 14.2 Å². The third kappa shape index (κ3) is 7.39. The molecule has 4 aromatic rings. The van der Waals surface area contributed by atoms with Crippen molar-refractivity contribution >= 4 is 46.4 Å². The molecule has 8 bridgehead atoms. The van der Waals surface area contributed by atoms with Crippen LogP contribution in [-0.2, 0) is 6.42 Å². The molecule has 0 unspecified atom stereocenters. The van der Waals surface area contributed by atoms with E-state index < -0.39 is 0 Å². The molecular weight excluding hydrogens is 556 g/mol. The number of aryl methyl sites for hydroxylation is 1. The SMILES string of the molecule is CCCCCCCCCCCc1c2nc(cc3nc(c(-c4cc(OC)cc(OC)c4)c4ccc(cc5ccc1[nH]5)[nH]4)C=C3)C=C2. The number of nitrogens with one attached hydrogen (secondary N) is 2. The highest BCUT2D eigenvalue weighted by Gasteiger charge is 2.14. The molecule has 0 saturated carbocycles. The Labute approximate surface area is 266 Å². The summed E-state index contributed by atoms with van der Waals surface area (Å²) in [6.07, 6.45) is 21.2. The number of H-pyrrole nitrogens is 2. The van der Waals surface area contributed by atoms with E-state index in [4.69, 9.17) is 19.4 Å². The zero-order chi connectivity index (χ0) is 31.0. The highest BCUT2D eigenvalue weighted by molar-refractivity contribution is 5.91. The number of aromatic amines is 2. The highest BCUT2D eigenvalue weighted by Crippen LogP contribution is 2.35. The molecule has 3 aromatic heterocycles. The molecule has 0 radical (unpaired) electrons. The van der Waals surface area contributed by atoms with E-state index in [-0.39, 0.29) is 0 Å². The van der Waals surface area contributed by atoms with Crippen LogP contribution >= 0.6 is 0 Å². The minimum absolute atomic E-state index is 0.725. The zero-order valence-electron chi connectivity index (χ0n) is 26.8. The van der Waals surface area contributed by atoms with Crippen molar-refractivity contribution in [1.29, 1.82) is 0 Å². The molecule has 2 aliphatic heterocycles. The van der Waals surface area contributed by atoms with Crippen LogP contribution in [0, 0.1) is 0 Å². The fourth-order valence-electron chi connectivity index (χ4n) is 6.26. The van der Waals surface area contributed by atoms with Crippen molar-refractivity contribution < 1.29 is 9.47 Å². The lowest BCUT2D eigenvalue weighted by Gasteiger charge is -2.09. The fourth-order valence-corrected chi connectivity index (χ4v) is 6.26. The van der Waals surface area contributed by atoms with E-state index in [0.29, 0.717) is 0 Å². The van der Waals surface area contributed by atoms with Gasteiger partial charge in [0.1, 0.15) is 11.5 Å². The van der Waals surface area contributed by atoms with Gasteiger partial charge in [0.2, 0.25) is 0 Å². The number of hydrogen-bond donors (Lipinski definition) is 2. The first kappa shape index (κ1) is 30.4. The van der Waals surface area contributed by atoms with Crippen molar-refractivity contribution in [2.24, 2.45) is 0 Å². The molecule has 0 fully saturated rings. The van der Waals surface area contributed by atoms with Crippen molar-refractivity contribution in [3.05, 3.63) is 82.9 Å². The summed E-state index contributed by atoms with van der Waals surface area (Å²) in [4.78, 5) is 17.4. The van der Waals surface area contributed by atoms with Gasteiger partial charge in [-0.2, -0.15) is 0 Å². The smallest absolute Gasteiger partial charge is 0.123 e. The van der Waals surface area contributed by atoms with Crippen LogP contribution in [0.15, 0.2) is 54.6 Å². The van der Waals surface area contributed by atoms with Gasteiger partial charge in [-0.05, 0) is 91.2 Å². The van der Waals surface area contributed by atoms with Crippen LogP contribution in [-0.4, -0.2) is 34.2 Å². The number of hydrogen-bond acceptors (Lipinski definition) is 4. The fraction of sp³-hybridized carbons (Fsp3) is 0.333. The van der Waals surface area contributed by atoms with Crippen molar-refractivity contribution in [2.45, 2.75) is 71.1 Å². The molecule has 1 aromatic carbocycles. The van der Waals surface area contributed by atoms with Crippen LogP contribution < -0.4 is 9.47 Å². The molecule has 6 heteroatoms. The topological polar surface area (TPSA) is 75.8 Å². The summed E-state index contributed by atoms with van der Waals surface area (Å²) in [6.45, 7) is 2.28. The molecule has 0 aliphatic carbocycles. The summed E-state index contributed by atoms with van der Waals surface area (Å²) in [5.74, 6) is 1.45. The Balaban J connectivity index is 1.40. The Morgan fingerprint density at radius 1 is 0.578 bits per heavy atom. The standard InChI is InChI=1S/C39H44N4O2/c1-4-5-6-7-8-9-10-11-12-13-34-35-18-14-28(40-35)24-30-16-20-37(42-30)39(27-22-32(44-2)26-33(23-27)45-3)38-21-17-31(43-38)25-29-15-19-36(34)41-29/h14-26,40,42H,4-13H2,1-3H3. The summed E-state index contributed by atoms with van der Waals surface area (Å²) in [7, 11) is 3.34. The van der Waals surface area contributed by atoms with Crippen LogP contribution in [0.5, 0.6) is 11.5 Å². The first-order chi connectivity index (χ1) is 22.1. The Morgan fingerprint density at radius 3 is 1.82 bits per heavy atom. The van der Waals surface area contributed by atoms with Crippen LogP contribution in [0.1, 0.15) is 93.1 Å². The number of methoxy groups -OCH3 is 2. The third-order valence-corrected chi connectivity index (χ3v) is 8.68. The predicted molar refractivity (Wildman–Crippen MR) is 188 cm³/mol. The van der Waals surface area contributed by atoms with E-state index in [0.717, 1.165) is 80.3 Å². The maximum atomic E-state index is 5.60. The van der Waals surface area contributed by atoms with Gasteiger partial charge in [0.05, 0.1) is 37.0 Å². The van der Waals surface area contributed by atoms with Gasteiger partial charge in [0.15, 0.2) is 0 Å². The maximum Gasteiger partial charge on any atom is 0.123 e. The lowest BCUT2D eigenvalue weighted by molar-refractivity contribution is 0.394. The first-order valence-corrected chi connectivity index (χ1v) is 16.5. The summed E-state index contributed by atoms with van der Waals surface area (Å²) in [5, 5.41) is 0. The van der Waals surface area contributed by atoms with Gasteiger partial charge in [-0.1, -0.05) is 58.3 Å². The maximum absolute atomic E-state index is 5.60. The second kappa shape index (κ2) is 14.5. The molecular formula is C39H44N4O2. The number of unbranched alkanes of at least 4 members (excludes halogenated alkanes) is 8. The monoisotopic (exact) mass is 600 g/mol. The average molecular weight is 601 g/mol. The van der Waals surface area contributed by atoms with Gasteiger partial charge in [-0.15, -0.1) is 0 Å². The van der Waals surface area contributed by atoms with Gasteiger partial charge in [-0.3, -0.25) is 0 Å². The Hall–Kier alpha value is -4.58. The molecule has 45 heavy (non-hydrogen) atoms. The summed E-state index contributed by atoms with van der Waals surface area (Å²) in [6, 6.07) is 18.7. The zero-order valence-corrected chi connectivity index (χ0v) is 26.8. The molecule has 232 valence electrons. The number of rotatable bonds is 13. The van der Waals surface area contributed by atoms with E-state index in [1.807, 2.05) is 18.2 Å². The van der Waals surface area contributed by atoms with E-state index >= 15 is 0 Å². The molecule has 0 spiro atoms. The van der Waals surface area contributed by atoms with Crippen LogP contribution in [0.4, 0.5) is 0 Å². The molecule has 0 atom stereocenters. The van der Waals surface area contributed by atoms with Gasteiger partial charge in [-0.25, -0.2) is 9.97 Å². The summed E-state index contributed by atoms with van der Waals surface area (Å²) in [5.41, 5.74) is 11.0. The van der Waals surface area contributed by atoms with Crippen LogP contribution in [0.3, 0.4) is 0 Å². The Kier molecular flexibility index (Phi) is 9.79. The molecule has 5 heterocycles. The molecule has 2 N–H and O–H groups in total. The molecule has 2 aliphatic rings. The van der Waals surface area contributed by atoms with E-state index in [1.165, 1.54) is 56.9 Å². The quantitative estimate of drug-likeness (QED) is 0.129. The van der Waals surface area contributed by atoms with Gasteiger partial charge >= 0.3 is 0 Å².